The number of rotatable bonds is 18. The lowest BCUT2D eigenvalue weighted by Crippen LogP contribution is -3.00. The Bertz CT molecular complexity index is 258. The van der Waals surface area contributed by atoms with Crippen molar-refractivity contribution in [3.8, 4) is 0 Å². The summed E-state index contributed by atoms with van der Waals surface area (Å²) in [6.45, 7) is 6.46. The van der Waals surface area contributed by atoms with Gasteiger partial charge in [0.25, 0.3) is 0 Å². The van der Waals surface area contributed by atoms with Gasteiger partial charge in [-0.05, 0) is 19.3 Å². The van der Waals surface area contributed by atoms with Gasteiger partial charge >= 0.3 is 0 Å². The van der Waals surface area contributed by atoms with E-state index < -0.39 is 0 Å². The van der Waals surface area contributed by atoms with Crippen molar-refractivity contribution in [2.45, 2.75) is 116 Å². The van der Waals surface area contributed by atoms with Crippen LogP contribution in [-0.2, 0) is 0 Å². The van der Waals surface area contributed by atoms with Gasteiger partial charge in [-0.15, -0.1) is 0 Å². The Morgan fingerprint density at radius 1 is 0.640 bits per heavy atom. The molecule has 2 nitrogen and oxygen atoms in total. The molecule has 0 bridgehead atoms. The topological polar surface area (TPSA) is 20.2 Å². The summed E-state index contributed by atoms with van der Waals surface area (Å²) in [5.41, 5.74) is 0. The van der Waals surface area contributed by atoms with Crippen LogP contribution in [0.4, 0.5) is 0 Å². The maximum atomic E-state index is 9.79. The second-order valence-electron chi connectivity index (χ2n) is 8.50. The van der Waals surface area contributed by atoms with Crippen LogP contribution in [-0.4, -0.2) is 42.9 Å². The van der Waals surface area contributed by atoms with Crippen LogP contribution in [0.2, 0.25) is 0 Å². The maximum Gasteiger partial charge on any atom is 0.105 e. The van der Waals surface area contributed by atoms with E-state index in [1.165, 1.54) is 96.4 Å². The molecule has 0 saturated carbocycles. The monoisotopic (exact) mass is 421 g/mol. The molecule has 0 radical (unpaired) electrons. The third-order valence-electron chi connectivity index (χ3n) is 5.29. The van der Waals surface area contributed by atoms with E-state index >= 15 is 0 Å². The molecule has 0 fully saturated rings. The van der Waals surface area contributed by atoms with Gasteiger partial charge < -0.3 is 26.6 Å². The van der Waals surface area contributed by atoms with Crippen molar-refractivity contribution >= 4 is 0 Å². The second kappa shape index (κ2) is 19.2. The molecule has 0 rings (SSSR count). The van der Waals surface area contributed by atoms with E-state index in [4.69, 9.17) is 0 Å². The summed E-state index contributed by atoms with van der Waals surface area (Å²) in [5.74, 6) is 0. The molecular weight excluding hydrogens is 374 g/mol. The van der Waals surface area contributed by atoms with Crippen LogP contribution in [0.15, 0.2) is 0 Å². The Morgan fingerprint density at radius 2 is 1.00 bits per heavy atom. The van der Waals surface area contributed by atoms with E-state index in [1.807, 2.05) is 0 Å². The molecular formula is C22H48BrNO. The van der Waals surface area contributed by atoms with Crippen LogP contribution >= 0.6 is 0 Å². The molecule has 25 heavy (non-hydrogen) atoms. The zero-order valence-corrected chi connectivity index (χ0v) is 19.5. The smallest absolute Gasteiger partial charge is 0.105 e. The molecule has 1 unspecified atom stereocenters. The lowest BCUT2D eigenvalue weighted by molar-refractivity contribution is -0.893. The Kier molecular flexibility index (Phi) is 21.2. The van der Waals surface area contributed by atoms with Gasteiger partial charge in [0.2, 0.25) is 0 Å². The Labute approximate surface area is 170 Å². The minimum Gasteiger partial charge on any atom is -1.00 e. The molecule has 0 aliphatic carbocycles. The van der Waals surface area contributed by atoms with Crippen LogP contribution in [0, 0.1) is 0 Å². The summed E-state index contributed by atoms with van der Waals surface area (Å²) in [4.78, 5) is 0. The summed E-state index contributed by atoms with van der Waals surface area (Å²) in [6, 6.07) is 0. The highest BCUT2D eigenvalue weighted by atomic mass is 79.9. The summed E-state index contributed by atoms with van der Waals surface area (Å²) in [6.07, 6.45) is 20.6. The first-order chi connectivity index (χ1) is 11.5. The van der Waals surface area contributed by atoms with Crippen molar-refractivity contribution in [1.29, 1.82) is 0 Å². The van der Waals surface area contributed by atoms with E-state index in [-0.39, 0.29) is 23.1 Å². The van der Waals surface area contributed by atoms with Gasteiger partial charge in [0, 0.05) is 0 Å². The minimum absolute atomic E-state index is 0. The SMILES string of the molecule is CCCCCCCCCCCCCCCC[N+](C)(C)CC(O)CC.[Br-]. The number of halogens is 1. The van der Waals surface area contributed by atoms with E-state index in [1.54, 1.807) is 0 Å². The van der Waals surface area contributed by atoms with Gasteiger partial charge in [-0.3, -0.25) is 0 Å². The van der Waals surface area contributed by atoms with Gasteiger partial charge in [0.15, 0.2) is 0 Å². The molecule has 0 aliphatic heterocycles. The zero-order chi connectivity index (χ0) is 18.1. The molecule has 3 heteroatoms. The fraction of sp³-hybridized carbons (Fsp3) is 1.00. The summed E-state index contributed by atoms with van der Waals surface area (Å²) in [7, 11) is 4.50. The molecule has 0 aromatic carbocycles. The fourth-order valence-electron chi connectivity index (χ4n) is 3.53. The van der Waals surface area contributed by atoms with E-state index in [2.05, 4.69) is 27.9 Å². The first kappa shape index (κ1) is 27.6. The first-order valence-electron chi connectivity index (χ1n) is 11.0. The minimum atomic E-state index is -0.133. The quantitative estimate of drug-likeness (QED) is 0.265. The number of hydrogen-bond donors (Lipinski definition) is 1. The lowest BCUT2D eigenvalue weighted by atomic mass is 10.0. The van der Waals surface area contributed by atoms with Crippen molar-refractivity contribution in [3.63, 3.8) is 0 Å². The van der Waals surface area contributed by atoms with Gasteiger partial charge in [-0.1, -0.05) is 90.9 Å². The number of nitrogens with zero attached hydrogens (tertiary/aromatic N) is 1. The van der Waals surface area contributed by atoms with Crippen molar-refractivity contribution in [2.24, 2.45) is 0 Å². The third kappa shape index (κ3) is 20.6. The van der Waals surface area contributed by atoms with Gasteiger partial charge in [-0.2, -0.15) is 0 Å². The van der Waals surface area contributed by atoms with Crippen LogP contribution in [0.25, 0.3) is 0 Å². The van der Waals surface area contributed by atoms with Crippen molar-refractivity contribution in [1.82, 2.24) is 0 Å². The largest absolute Gasteiger partial charge is 1.00 e. The van der Waals surface area contributed by atoms with Gasteiger partial charge in [-0.25, -0.2) is 0 Å². The number of hydrogen-bond acceptors (Lipinski definition) is 1. The molecule has 0 aromatic heterocycles. The number of quaternary nitrogens is 1. The molecule has 0 aromatic rings. The second-order valence-corrected chi connectivity index (χ2v) is 8.50. The maximum absolute atomic E-state index is 9.79. The predicted octanol–water partition coefficient (Wildman–Crippen LogP) is 3.32. The third-order valence-corrected chi connectivity index (χ3v) is 5.29. The van der Waals surface area contributed by atoms with E-state index in [0.717, 1.165) is 17.4 Å². The van der Waals surface area contributed by atoms with Crippen molar-refractivity contribution in [3.05, 3.63) is 0 Å². The van der Waals surface area contributed by atoms with Crippen LogP contribution in [0.3, 0.4) is 0 Å². The highest BCUT2D eigenvalue weighted by Gasteiger charge is 2.18. The summed E-state index contributed by atoms with van der Waals surface area (Å²) >= 11 is 0. The Morgan fingerprint density at radius 3 is 1.36 bits per heavy atom. The number of unbranched alkanes of at least 4 members (excludes halogenated alkanes) is 13. The number of aliphatic hydroxyl groups excluding tert-OH is 1. The molecule has 1 N–H and O–H groups in total. The van der Waals surface area contributed by atoms with E-state index in [9.17, 15) is 5.11 Å². The molecule has 0 aliphatic rings. The van der Waals surface area contributed by atoms with E-state index in [0.29, 0.717) is 0 Å². The number of aliphatic hydroxyl groups is 1. The first-order valence-corrected chi connectivity index (χ1v) is 11.0. The molecule has 154 valence electrons. The molecule has 1 atom stereocenters. The molecule has 0 spiro atoms. The standard InChI is InChI=1S/C22H48NO.BrH/c1-5-7-8-9-10-11-12-13-14-15-16-17-18-19-20-23(3,4)21-22(24)6-2;/h22,24H,5-21H2,1-4H3;1H/q+1;/p-1. The average molecular weight is 423 g/mol. The highest BCUT2D eigenvalue weighted by Crippen LogP contribution is 2.13. The fourth-order valence-corrected chi connectivity index (χ4v) is 3.53. The van der Waals surface area contributed by atoms with Crippen LogP contribution in [0.5, 0.6) is 0 Å². The molecule has 0 heterocycles. The summed E-state index contributed by atoms with van der Waals surface area (Å²) in [5, 5.41) is 9.79. The lowest BCUT2D eigenvalue weighted by Gasteiger charge is -2.31. The average Bonchev–Trinajstić information content (AvgIpc) is 2.54. The predicted molar refractivity (Wildman–Crippen MR) is 108 cm³/mol. The molecule has 0 saturated heterocycles. The Balaban J connectivity index is 0. The van der Waals surface area contributed by atoms with Crippen molar-refractivity contribution in [2.75, 3.05) is 27.2 Å². The van der Waals surface area contributed by atoms with Crippen LogP contribution in [0.1, 0.15) is 110 Å². The molecule has 0 amide bonds. The van der Waals surface area contributed by atoms with Crippen molar-refractivity contribution < 1.29 is 26.6 Å². The summed E-state index contributed by atoms with van der Waals surface area (Å²) < 4.78 is 0.966. The Hall–Kier alpha value is 0.400. The van der Waals surface area contributed by atoms with Gasteiger partial charge in [0.05, 0.1) is 20.6 Å². The normalized spacial score (nSPS) is 12.8. The van der Waals surface area contributed by atoms with Crippen LogP contribution < -0.4 is 17.0 Å². The van der Waals surface area contributed by atoms with Gasteiger partial charge in [0.1, 0.15) is 12.6 Å². The highest BCUT2D eigenvalue weighted by molar-refractivity contribution is 4.52. The number of likely N-dealkylation sites (N-methyl/N-ethyl adjacent to an activating group) is 1. The zero-order valence-electron chi connectivity index (χ0n) is 17.9.